The van der Waals surface area contributed by atoms with Gasteiger partial charge in [0.15, 0.2) is 0 Å². The third-order valence-electron chi connectivity index (χ3n) is 7.86. The molecule has 7 nitrogen and oxygen atoms in total. The lowest BCUT2D eigenvalue weighted by atomic mass is 9.71. The zero-order valence-corrected chi connectivity index (χ0v) is 19.2. The number of carboxylic acid groups (broad SMARTS) is 1. The number of carbonyl (C=O) groups excluding carboxylic acids is 2. The Hall–Kier alpha value is -3.35. The molecule has 5 atom stereocenters. The number of carbonyl (C=O) groups is 3. The van der Waals surface area contributed by atoms with E-state index in [1.807, 2.05) is 31.2 Å². The minimum Gasteiger partial charge on any atom is -0.481 e. The van der Waals surface area contributed by atoms with Crippen LogP contribution < -0.4 is 10.6 Å². The number of amides is 2. The maximum atomic E-state index is 12.8. The summed E-state index contributed by atoms with van der Waals surface area (Å²) < 4.78 is 5.58. The van der Waals surface area contributed by atoms with E-state index < -0.39 is 18.1 Å². The molecule has 0 spiro atoms. The summed E-state index contributed by atoms with van der Waals surface area (Å²) in [5.74, 6) is -0.735. The predicted octanol–water partition coefficient (Wildman–Crippen LogP) is 3.92. The molecule has 0 radical (unpaired) electrons. The molecular weight excluding hydrogens is 432 g/mol. The highest BCUT2D eigenvalue weighted by Gasteiger charge is 2.50. The Labute approximate surface area is 198 Å². The van der Waals surface area contributed by atoms with Crippen molar-refractivity contribution in [3.8, 4) is 11.1 Å². The maximum Gasteiger partial charge on any atom is 0.407 e. The van der Waals surface area contributed by atoms with E-state index in [4.69, 9.17) is 4.74 Å². The quantitative estimate of drug-likeness (QED) is 0.579. The Bertz CT molecular complexity index is 1070. The van der Waals surface area contributed by atoms with E-state index in [1.54, 1.807) is 0 Å². The zero-order chi connectivity index (χ0) is 23.8. The number of fused-ring (bicyclic) bond motifs is 4. The van der Waals surface area contributed by atoms with E-state index in [0.717, 1.165) is 28.7 Å². The number of hydrogen-bond acceptors (Lipinski definition) is 4. The van der Waals surface area contributed by atoms with Crippen LogP contribution in [0.15, 0.2) is 48.5 Å². The maximum absolute atomic E-state index is 12.8. The third kappa shape index (κ3) is 4.04. The molecule has 7 heteroatoms. The first kappa shape index (κ1) is 22.4. The molecule has 0 bridgehead atoms. The Morgan fingerprint density at radius 1 is 1.00 bits per heavy atom. The molecule has 1 unspecified atom stereocenters. The standard InChI is InChI=1S/C27H30N2O5/c1-2-23(25(30)28-24-13-15-11-16(26(31)32)12-21(15)24)29-27(33)34-14-22-19-9-5-3-7-17(19)18-8-4-6-10-20(18)22/h3-10,15-16,21-24H,2,11-14H2,1H3,(H,28,30)(H,29,33)(H,31,32)/t15-,16?,21-,23-,24+/m0/s1. The largest absolute Gasteiger partial charge is 0.481 e. The van der Waals surface area contributed by atoms with Crippen molar-refractivity contribution in [2.24, 2.45) is 17.8 Å². The van der Waals surface area contributed by atoms with Crippen molar-refractivity contribution in [1.82, 2.24) is 10.6 Å². The summed E-state index contributed by atoms with van der Waals surface area (Å²) in [5.41, 5.74) is 4.59. The van der Waals surface area contributed by atoms with Crippen LogP contribution in [0.25, 0.3) is 11.1 Å². The van der Waals surface area contributed by atoms with Crippen molar-refractivity contribution in [1.29, 1.82) is 0 Å². The second kappa shape index (κ2) is 9.12. The van der Waals surface area contributed by atoms with Gasteiger partial charge in [0, 0.05) is 12.0 Å². The predicted molar refractivity (Wildman–Crippen MR) is 126 cm³/mol. The molecule has 0 aromatic heterocycles. The molecular formula is C27H30N2O5. The topological polar surface area (TPSA) is 105 Å². The average molecular weight is 463 g/mol. The van der Waals surface area contributed by atoms with Gasteiger partial charge in [-0.3, -0.25) is 9.59 Å². The van der Waals surface area contributed by atoms with Gasteiger partial charge in [0.2, 0.25) is 5.91 Å². The second-order valence-corrected chi connectivity index (χ2v) is 9.71. The first-order valence-electron chi connectivity index (χ1n) is 12.1. The average Bonchev–Trinajstić information content (AvgIpc) is 3.34. The van der Waals surface area contributed by atoms with Crippen LogP contribution in [0.4, 0.5) is 4.79 Å². The van der Waals surface area contributed by atoms with Gasteiger partial charge in [-0.15, -0.1) is 0 Å². The van der Waals surface area contributed by atoms with Crippen molar-refractivity contribution in [2.45, 2.75) is 50.6 Å². The first-order chi connectivity index (χ1) is 16.5. The van der Waals surface area contributed by atoms with Crippen LogP contribution in [0, 0.1) is 17.8 Å². The molecule has 2 fully saturated rings. The summed E-state index contributed by atoms with van der Waals surface area (Å²) >= 11 is 0. The summed E-state index contributed by atoms with van der Waals surface area (Å²) in [6.07, 6.45) is 1.95. The fraction of sp³-hybridized carbons (Fsp3) is 0.444. The zero-order valence-electron chi connectivity index (χ0n) is 19.2. The van der Waals surface area contributed by atoms with Gasteiger partial charge in [0.25, 0.3) is 0 Å². The summed E-state index contributed by atoms with van der Waals surface area (Å²) in [6, 6.07) is 15.6. The highest BCUT2D eigenvalue weighted by atomic mass is 16.5. The minimum atomic E-state index is -0.747. The van der Waals surface area contributed by atoms with E-state index >= 15 is 0 Å². The monoisotopic (exact) mass is 462 g/mol. The summed E-state index contributed by atoms with van der Waals surface area (Å²) in [6.45, 7) is 2.04. The lowest BCUT2D eigenvalue weighted by molar-refractivity contribution is -0.141. The number of aliphatic carboxylic acids is 1. The van der Waals surface area contributed by atoms with E-state index in [-0.39, 0.29) is 36.3 Å². The van der Waals surface area contributed by atoms with Crippen molar-refractivity contribution in [3.63, 3.8) is 0 Å². The van der Waals surface area contributed by atoms with Crippen LogP contribution >= 0.6 is 0 Å². The van der Waals surface area contributed by atoms with Gasteiger partial charge < -0.3 is 20.5 Å². The van der Waals surface area contributed by atoms with Crippen molar-refractivity contribution in [2.75, 3.05) is 6.61 Å². The highest BCUT2D eigenvalue weighted by molar-refractivity contribution is 5.86. The molecule has 2 amide bonds. The molecule has 3 aliphatic carbocycles. The fourth-order valence-electron chi connectivity index (χ4n) is 6.01. The van der Waals surface area contributed by atoms with Gasteiger partial charge in [0.1, 0.15) is 12.6 Å². The molecule has 178 valence electrons. The molecule has 0 saturated heterocycles. The Kier molecular flexibility index (Phi) is 6.02. The van der Waals surface area contributed by atoms with Crippen LogP contribution in [0.1, 0.15) is 49.7 Å². The van der Waals surface area contributed by atoms with Crippen LogP contribution in [-0.4, -0.2) is 41.8 Å². The smallest absolute Gasteiger partial charge is 0.407 e. The lowest BCUT2D eigenvalue weighted by Gasteiger charge is -2.41. The summed E-state index contributed by atoms with van der Waals surface area (Å²) in [5, 5.41) is 15.0. The molecule has 34 heavy (non-hydrogen) atoms. The molecule has 3 aliphatic rings. The molecule has 2 aromatic carbocycles. The first-order valence-corrected chi connectivity index (χ1v) is 12.1. The van der Waals surface area contributed by atoms with E-state index in [9.17, 15) is 19.5 Å². The molecule has 2 aromatic rings. The summed E-state index contributed by atoms with van der Waals surface area (Å²) in [4.78, 5) is 36.7. The second-order valence-electron chi connectivity index (χ2n) is 9.71. The van der Waals surface area contributed by atoms with Crippen molar-refractivity contribution < 1.29 is 24.2 Å². The Morgan fingerprint density at radius 2 is 1.65 bits per heavy atom. The number of ether oxygens (including phenoxy) is 1. The van der Waals surface area contributed by atoms with Gasteiger partial charge in [0.05, 0.1) is 5.92 Å². The van der Waals surface area contributed by atoms with Gasteiger partial charge in [-0.25, -0.2) is 4.79 Å². The molecule has 0 heterocycles. The molecule has 3 N–H and O–H groups in total. The Morgan fingerprint density at radius 3 is 2.26 bits per heavy atom. The number of rotatable bonds is 7. The minimum absolute atomic E-state index is 0.0137. The van der Waals surface area contributed by atoms with Gasteiger partial charge in [-0.1, -0.05) is 55.5 Å². The lowest BCUT2D eigenvalue weighted by Crippen LogP contribution is -2.55. The highest BCUT2D eigenvalue weighted by Crippen LogP contribution is 2.49. The van der Waals surface area contributed by atoms with E-state index in [0.29, 0.717) is 25.2 Å². The van der Waals surface area contributed by atoms with E-state index in [2.05, 4.69) is 34.9 Å². The number of carboxylic acids is 1. The van der Waals surface area contributed by atoms with Crippen LogP contribution in [0.3, 0.4) is 0 Å². The van der Waals surface area contributed by atoms with Crippen LogP contribution in [-0.2, 0) is 14.3 Å². The molecule has 0 aliphatic heterocycles. The van der Waals surface area contributed by atoms with Gasteiger partial charge in [-0.05, 0) is 59.8 Å². The number of nitrogens with one attached hydrogen (secondary N) is 2. The third-order valence-corrected chi connectivity index (χ3v) is 7.86. The Balaban J connectivity index is 1.15. The van der Waals surface area contributed by atoms with Gasteiger partial charge in [-0.2, -0.15) is 0 Å². The van der Waals surface area contributed by atoms with Crippen LogP contribution in [0.2, 0.25) is 0 Å². The normalized spacial score (nSPS) is 25.3. The summed E-state index contributed by atoms with van der Waals surface area (Å²) in [7, 11) is 0. The number of hydrogen-bond donors (Lipinski definition) is 3. The van der Waals surface area contributed by atoms with Crippen LogP contribution in [0.5, 0.6) is 0 Å². The number of alkyl carbamates (subject to hydrolysis) is 1. The molecule has 5 rings (SSSR count). The van der Waals surface area contributed by atoms with Crippen molar-refractivity contribution in [3.05, 3.63) is 59.7 Å². The van der Waals surface area contributed by atoms with Gasteiger partial charge >= 0.3 is 12.1 Å². The number of benzene rings is 2. The van der Waals surface area contributed by atoms with E-state index in [1.165, 1.54) is 0 Å². The SMILES string of the molecule is CC[C@H](NC(=O)OCC1c2ccccc2-c2ccccc21)C(=O)N[C@@H]1C[C@@H]2CC(C(=O)O)C[C@@H]21. The molecule has 2 saturated carbocycles. The van der Waals surface area contributed by atoms with Crippen molar-refractivity contribution >= 4 is 18.0 Å². The fourth-order valence-corrected chi connectivity index (χ4v) is 6.01.